The van der Waals surface area contributed by atoms with E-state index >= 15 is 0 Å². The number of carboxylic acids is 1. The molecule has 1 atom stereocenters. The van der Waals surface area contributed by atoms with E-state index in [1.165, 1.54) is 17.7 Å². The first-order valence-corrected chi connectivity index (χ1v) is 6.46. The van der Waals surface area contributed by atoms with Crippen LogP contribution in [0.5, 0.6) is 0 Å². The number of aliphatic hydroxyl groups is 1. The number of nitrogens with zero attached hydrogens (tertiary/aromatic N) is 2. The fourth-order valence-corrected chi connectivity index (χ4v) is 2.77. The standard InChI is InChI=1S/C12H14N2O4S/c1-6-7(2)19-9-8(6)10(15)14(5-13-9)4-12(3,18)11(16)17/h5,18H,4H2,1-3H3,(H,16,17). The summed E-state index contributed by atoms with van der Waals surface area (Å²) in [7, 11) is 0. The molecule has 0 aliphatic heterocycles. The highest BCUT2D eigenvalue weighted by Crippen LogP contribution is 2.25. The van der Waals surface area contributed by atoms with Gasteiger partial charge in [0, 0.05) is 4.88 Å². The van der Waals surface area contributed by atoms with Gasteiger partial charge in [-0.15, -0.1) is 11.3 Å². The van der Waals surface area contributed by atoms with Crippen molar-refractivity contribution in [2.24, 2.45) is 0 Å². The first-order valence-electron chi connectivity index (χ1n) is 5.65. The summed E-state index contributed by atoms with van der Waals surface area (Å²) in [5.41, 5.74) is -1.48. The number of fused-ring (bicyclic) bond motifs is 1. The molecule has 2 N–H and O–H groups in total. The van der Waals surface area contributed by atoms with Crippen molar-refractivity contribution >= 4 is 27.5 Å². The number of aliphatic carboxylic acids is 1. The SMILES string of the molecule is Cc1sc2ncn(CC(C)(O)C(=O)O)c(=O)c2c1C. The van der Waals surface area contributed by atoms with E-state index in [2.05, 4.69) is 4.98 Å². The molecule has 0 saturated carbocycles. The normalized spacial score (nSPS) is 14.5. The van der Waals surface area contributed by atoms with Crippen LogP contribution >= 0.6 is 11.3 Å². The van der Waals surface area contributed by atoms with Crippen molar-refractivity contribution < 1.29 is 15.0 Å². The molecule has 0 radical (unpaired) electrons. The van der Waals surface area contributed by atoms with Crippen LogP contribution in [0.3, 0.4) is 0 Å². The molecule has 2 rings (SSSR count). The van der Waals surface area contributed by atoms with Crippen molar-refractivity contribution in [2.75, 3.05) is 0 Å². The van der Waals surface area contributed by atoms with Gasteiger partial charge in [0.1, 0.15) is 4.83 Å². The fourth-order valence-electron chi connectivity index (χ4n) is 1.78. The van der Waals surface area contributed by atoms with E-state index in [1.54, 1.807) is 0 Å². The van der Waals surface area contributed by atoms with Gasteiger partial charge in [0.2, 0.25) is 0 Å². The van der Waals surface area contributed by atoms with Crippen LogP contribution in [0.25, 0.3) is 10.2 Å². The predicted molar refractivity (Wildman–Crippen MR) is 71.6 cm³/mol. The van der Waals surface area contributed by atoms with E-state index < -0.39 is 11.6 Å². The zero-order valence-corrected chi connectivity index (χ0v) is 11.6. The number of thiophene rings is 1. The molecule has 2 aromatic heterocycles. The van der Waals surface area contributed by atoms with Crippen molar-refractivity contribution in [3.05, 3.63) is 27.1 Å². The van der Waals surface area contributed by atoms with E-state index in [0.29, 0.717) is 10.2 Å². The molecule has 19 heavy (non-hydrogen) atoms. The third-order valence-corrected chi connectivity index (χ3v) is 4.21. The Morgan fingerprint density at radius 1 is 1.53 bits per heavy atom. The Kier molecular flexibility index (Phi) is 3.19. The topological polar surface area (TPSA) is 92.4 Å². The monoisotopic (exact) mass is 282 g/mol. The molecule has 6 nitrogen and oxygen atoms in total. The van der Waals surface area contributed by atoms with Gasteiger partial charge in [-0.25, -0.2) is 9.78 Å². The second-order valence-electron chi connectivity index (χ2n) is 4.72. The fraction of sp³-hybridized carbons (Fsp3) is 0.417. The van der Waals surface area contributed by atoms with Crippen molar-refractivity contribution in [2.45, 2.75) is 32.9 Å². The van der Waals surface area contributed by atoms with E-state index in [1.807, 2.05) is 13.8 Å². The Hall–Kier alpha value is -1.73. The van der Waals surface area contributed by atoms with Gasteiger partial charge in [-0.3, -0.25) is 9.36 Å². The summed E-state index contributed by atoms with van der Waals surface area (Å²) in [4.78, 5) is 29.0. The molecule has 0 fully saturated rings. The average molecular weight is 282 g/mol. The molecule has 0 amide bonds. The first kappa shape index (κ1) is 13.7. The molecule has 0 aliphatic rings. The lowest BCUT2D eigenvalue weighted by Gasteiger charge is -2.18. The lowest BCUT2D eigenvalue weighted by atomic mass is 10.1. The third kappa shape index (κ3) is 2.26. The zero-order valence-electron chi connectivity index (χ0n) is 10.8. The molecule has 2 heterocycles. The quantitative estimate of drug-likeness (QED) is 0.873. The highest BCUT2D eigenvalue weighted by Gasteiger charge is 2.31. The minimum atomic E-state index is -2.00. The molecule has 102 valence electrons. The lowest BCUT2D eigenvalue weighted by Crippen LogP contribution is -2.42. The lowest BCUT2D eigenvalue weighted by molar-refractivity contribution is -0.157. The van der Waals surface area contributed by atoms with Gasteiger partial charge in [0.25, 0.3) is 5.56 Å². The summed E-state index contributed by atoms with van der Waals surface area (Å²) < 4.78 is 1.13. The Labute approximate surface area is 113 Å². The van der Waals surface area contributed by atoms with E-state index in [9.17, 15) is 14.7 Å². The second-order valence-corrected chi connectivity index (χ2v) is 5.92. The molecule has 0 saturated heterocycles. The molecular formula is C12H14N2O4S. The molecule has 0 aromatic carbocycles. The summed E-state index contributed by atoms with van der Waals surface area (Å²) >= 11 is 1.42. The number of aryl methyl sites for hydroxylation is 2. The molecule has 0 bridgehead atoms. The zero-order chi connectivity index (χ0) is 14.4. The minimum Gasteiger partial charge on any atom is -0.479 e. The third-order valence-electron chi connectivity index (χ3n) is 3.09. The molecule has 2 aromatic rings. The maximum Gasteiger partial charge on any atom is 0.337 e. The van der Waals surface area contributed by atoms with Crippen LogP contribution in [0, 0.1) is 13.8 Å². The molecule has 7 heteroatoms. The van der Waals surface area contributed by atoms with Crippen LogP contribution in [0.1, 0.15) is 17.4 Å². The van der Waals surface area contributed by atoms with E-state index in [4.69, 9.17) is 5.11 Å². The van der Waals surface area contributed by atoms with Crippen LogP contribution in [-0.2, 0) is 11.3 Å². The van der Waals surface area contributed by atoms with Gasteiger partial charge >= 0.3 is 5.97 Å². The van der Waals surface area contributed by atoms with Gasteiger partial charge in [-0.1, -0.05) is 0 Å². The Morgan fingerprint density at radius 3 is 2.74 bits per heavy atom. The number of rotatable bonds is 3. The van der Waals surface area contributed by atoms with Gasteiger partial charge < -0.3 is 10.2 Å². The maximum atomic E-state index is 12.3. The number of hydrogen-bond donors (Lipinski definition) is 2. The van der Waals surface area contributed by atoms with Crippen molar-refractivity contribution in [3.8, 4) is 0 Å². The summed E-state index contributed by atoms with van der Waals surface area (Å²) in [5, 5.41) is 19.1. The molecular weight excluding hydrogens is 268 g/mol. The molecule has 0 spiro atoms. The number of carbonyl (C=O) groups is 1. The largest absolute Gasteiger partial charge is 0.479 e. The minimum absolute atomic E-state index is 0.326. The van der Waals surface area contributed by atoms with Gasteiger partial charge in [-0.05, 0) is 26.3 Å². The molecule has 0 aliphatic carbocycles. The van der Waals surface area contributed by atoms with Crippen LogP contribution in [-0.4, -0.2) is 31.3 Å². The van der Waals surface area contributed by atoms with E-state index in [-0.39, 0.29) is 12.1 Å². The van der Waals surface area contributed by atoms with E-state index in [0.717, 1.165) is 21.9 Å². The summed E-state index contributed by atoms with van der Waals surface area (Å²) in [5.74, 6) is -1.38. The number of carboxylic acid groups (broad SMARTS) is 1. The molecule has 1 unspecified atom stereocenters. The highest BCUT2D eigenvalue weighted by atomic mass is 32.1. The van der Waals surface area contributed by atoms with Crippen molar-refractivity contribution in [1.82, 2.24) is 9.55 Å². The number of hydrogen-bond acceptors (Lipinski definition) is 5. The van der Waals surface area contributed by atoms with Crippen molar-refractivity contribution in [3.63, 3.8) is 0 Å². The van der Waals surface area contributed by atoms with Gasteiger partial charge in [0.05, 0.1) is 18.3 Å². The first-order chi connectivity index (χ1) is 8.74. The Balaban J connectivity index is 2.58. The van der Waals surface area contributed by atoms with Crippen LogP contribution in [0.4, 0.5) is 0 Å². The summed E-state index contributed by atoms with van der Waals surface area (Å²) in [6, 6.07) is 0. The average Bonchev–Trinajstić information content (AvgIpc) is 2.59. The van der Waals surface area contributed by atoms with Crippen LogP contribution in [0.15, 0.2) is 11.1 Å². The summed E-state index contributed by atoms with van der Waals surface area (Å²) in [6.45, 7) is 4.55. The Morgan fingerprint density at radius 2 is 2.16 bits per heavy atom. The van der Waals surface area contributed by atoms with Crippen LogP contribution < -0.4 is 5.56 Å². The van der Waals surface area contributed by atoms with Gasteiger partial charge in [-0.2, -0.15) is 0 Å². The maximum absolute atomic E-state index is 12.3. The second kappa shape index (κ2) is 4.43. The predicted octanol–water partition coefficient (Wildman–Crippen LogP) is 0.910. The highest BCUT2D eigenvalue weighted by molar-refractivity contribution is 7.18. The smallest absolute Gasteiger partial charge is 0.337 e. The Bertz CT molecular complexity index is 714. The van der Waals surface area contributed by atoms with Crippen molar-refractivity contribution in [1.29, 1.82) is 0 Å². The summed E-state index contributed by atoms with van der Waals surface area (Å²) in [6.07, 6.45) is 1.28. The van der Waals surface area contributed by atoms with Crippen LogP contribution in [0.2, 0.25) is 0 Å². The number of aromatic nitrogens is 2. The van der Waals surface area contributed by atoms with Gasteiger partial charge in [0.15, 0.2) is 5.60 Å².